The van der Waals surface area contributed by atoms with Crippen molar-refractivity contribution in [2.75, 3.05) is 5.73 Å². The third kappa shape index (κ3) is 1.54. The summed E-state index contributed by atoms with van der Waals surface area (Å²) in [5.41, 5.74) is 8.50. The zero-order valence-electron chi connectivity index (χ0n) is 9.42. The molecule has 3 rings (SSSR count). The summed E-state index contributed by atoms with van der Waals surface area (Å²) in [6.07, 6.45) is 0. The molecule has 17 heavy (non-hydrogen) atoms. The highest BCUT2D eigenvalue weighted by molar-refractivity contribution is 5.62. The van der Waals surface area contributed by atoms with Gasteiger partial charge in [-0.25, -0.2) is 0 Å². The molecule has 0 amide bonds. The van der Waals surface area contributed by atoms with E-state index in [2.05, 4.69) is 5.10 Å². The number of fused-ring (bicyclic) bond motifs is 1. The van der Waals surface area contributed by atoms with Crippen LogP contribution in [-0.2, 0) is 0 Å². The molecule has 1 aromatic carbocycles. The van der Waals surface area contributed by atoms with E-state index in [1.807, 2.05) is 49.4 Å². The molecule has 4 heteroatoms. The highest BCUT2D eigenvalue weighted by Gasteiger charge is 2.23. The van der Waals surface area contributed by atoms with Crippen LogP contribution in [0.4, 0.5) is 5.88 Å². The SMILES string of the molecule is Cc1ccc2c(N)oc(-c3ccccc3)[n+]2n1. The summed E-state index contributed by atoms with van der Waals surface area (Å²) in [4.78, 5) is 0. The number of hydrogen-bond acceptors (Lipinski definition) is 3. The average Bonchev–Trinajstić information content (AvgIpc) is 2.67. The van der Waals surface area contributed by atoms with Crippen LogP contribution in [0.3, 0.4) is 0 Å². The molecule has 0 saturated heterocycles. The summed E-state index contributed by atoms with van der Waals surface area (Å²) in [7, 11) is 0. The van der Waals surface area contributed by atoms with Gasteiger partial charge in [-0.15, -0.1) is 0 Å². The second-order valence-corrected chi connectivity index (χ2v) is 3.91. The molecular formula is C13H12N3O+. The number of aromatic nitrogens is 2. The standard InChI is InChI=1S/C13H12N3O/c1-9-7-8-11-12(14)17-13(16(11)15-9)10-5-3-2-4-6-10/h2-8H,14H2,1H3/q+1. The van der Waals surface area contributed by atoms with E-state index in [0.717, 1.165) is 16.8 Å². The maximum Gasteiger partial charge on any atom is 0.414 e. The first-order chi connectivity index (χ1) is 8.25. The molecule has 0 fully saturated rings. The lowest BCUT2D eigenvalue weighted by atomic mass is 10.2. The molecule has 2 aromatic heterocycles. The van der Waals surface area contributed by atoms with Crippen LogP contribution in [0, 0.1) is 6.92 Å². The number of benzene rings is 1. The predicted molar refractivity (Wildman–Crippen MR) is 64.2 cm³/mol. The van der Waals surface area contributed by atoms with Crippen molar-refractivity contribution in [1.29, 1.82) is 0 Å². The zero-order chi connectivity index (χ0) is 11.8. The Morgan fingerprint density at radius 3 is 2.65 bits per heavy atom. The lowest BCUT2D eigenvalue weighted by molar-refractivity contribution is -0.573. The monoisotopic (exact) mass is 226 g/mol. The van der Waals surface area contributed by atoms with Gasteiger partial charge in [0.2, 0.25) is 0 Å². The quantitative estimate of drug-likeness (QED) is 0.645. The van der Waals surface area contributed by atoms with Gasteiger partial charge in [-0.2, -0.15) is 0 Å². The van der Waals surface area contributed by atoms with Crippen LogP contribution in [0.1, 0.15) is 5.69 Å². The Kier molecular flexibility index (Phi) is 2.08. The van der Waals surface area contributed by atoms with Crippen LogP contribution < -0.4 is 10.2 Å². The molecule has 0 aliphatic heterocycles. The molecule has 84 valence electrons. The maximum absolute atomic E-state index is 5.84. The third-order valence-electron chi connectivity index (χ3n) is 2.64. The molecule has 2 N–H and O–H groups in total. The topological polar surface area (TPSA) is 56.1 Å². The first kappa shape index (κ1) is 9.84. The summed E-state index contributed by atoms with van der Waals surface area (Å²) in [6, 6.07) is 13.6. The van der Waals surface area contributed by atoms with Gasteiger partial charge in [-0.05, 0) is 29.6 Å². The van der Waals surface area contributed by atoms with Crippen molar-refractivity contribution in [3.8, 4) is 11.5 Å². The number of oxazole rings is 1. The van der Waals surface area contributed by atoms with Gasteiger partial charge in [-0.1, -0.05) is 18.2 Å². The van der Waals surface area contributed by atoms with E-state index in [4.69, 9.17) is 10.2 Å². The summed E-state index contributed by atoms with van der Waals surface area (Å²) in [5, 5.41) is 4.42. The van der Waals surface area contributed by atoms with Crippen molar-refractivity contribution in [2.24, 2.45) is 0 Å². The number of rotatable bonds is 1. The summed E-state index contributed by atoms with van der Waals surface area (Å²) >= 11 is 0. The fraction of sp³-hybridized carbons (Fsp3) is 0.0769. The molecule has 0 aliphatic rings. The molecule has 0 bridgehead atoms. The van der Waals surface area contributed by atoms with Gasteiger partial charge in [0, 0.05) is 11.2 Å². The Hall–Kier alpha value is -2.36. The van der Waals surface area contributed by atoms with Gasteiger partial charge in [0.1, 0.15) is 5.69 Å². The first-order valence-electron chi connectivity index (χ1n) is 5.39. The molecular weight excluding hydrogens is 214 g/mol. The van der Waals surface area contributed by atoms with Crippen molar-refractivity contribution in [3.05, 3.63) is 48.2 Å². The molecule has 0 spiro atoms. The van der Waals surface area contributed by atoms with Crippen LogP contribution in [0.25, 0.3) is 17.0 Å². The molecule has 2 heterocycles. The van der Waals surface area contributed by atoms with Crippen LogP contribution in [0.2, 0.25) is 0 Å². The highest BCUT2D eigenvalue weighted by Crippen LogP contribution is 2.21. The lowest BCUT2D eigenvalue weighted by Crippen LogP contribution is -2.27. The summed E-state index contributed by atoms with van der Waals surface area (Å²) < 4.78 is 7.32. The van der Waals surface area contributed by atoms with Crippen LogP contribution in [0.15, 0.2) is 46.9 Å². The third-order valence-corrected chi connectivity index (χ3v) is 2.64. The van der Waals surface area contributed by atoms with Crippen molar-refractivity contribution < 1.29 is 8.93 Å². The van der Waals surface area contributed by atoms with Crippen LogP contribution in [-0.4, -0.2) is 5.10 Å². The molecule has 0 aliphatic carbocycles. The second-order valence-electron chi connectivity index (χ2n) is 3.91. The van der Waals surface area contributed by atoms with Crippen molar-refractivity contribution in [2.45, 2.75) is 6.92 Å². The Morgan fingerprint density at radius 2 is 1.88 bits per heavy atom. The summed E-state index contributed by atoms with van der Waals surface area (Å²) in [6.45, 7) is 1.93. The van der Waals surface area contributed by atoms with Crippen molar-refractivity contribution >= 4 is 11.4 Å². The minimum Gasteiger partial charge on any atom is -0.379 e. The first-order valence-corrected chi connectivity index (χ1v) is 5.39. The Balaban J connectivity index is 2.34. The molecule has 4 nitrogen and oxygen atoms in total. The van der Waals surface area contributed by atoms with E-state index < -0.39 is 0 Å². The van der Waals surface area contributed by atoms with Gasteiger partial charge >= 0.3 is 11.4 Å². The predicted octanol–water partition coefficient (Wildman–Crippen LogP) is 1.97. The van der Waals surface area contributed by atoms with E-state index >= 15 is 0 Å². The second kappa shape index (κ2) is 3.59. The number of anilines is 1. The van der Waals surface area contributed by atoms with E-state index in [1.165, 1.54) is 0 Å². The number of nitrogens with zero attached hydrogens (tertiary/aromatic N) is 2. The van der Waals surface area contributed by atoms with E-state index in [-0.39, 0.29) is 0 Å². The largest absolute Gasteiger partial charge is 0.414 e. The molecule has 0 radical (unpaired) electrons. The van der Waals surface area contributed by atoms with Crippen LogP contribution >= 0.6 is 0 Å². The van der Waals surface area contributed by atoms with Gasteiger partial charge in [-0.3, -0.25) is 0 Å². The van der Waals surface area contributed by atoms with Crippen molar-refractivity contribution in [3.63, 3.8) is 0 Å². The highest BCUT2D eigenvalue weighted by atomic mass is 16.4. The lowest BCUT2D eigenvalue weighted by Gasteiger charge is -1.89. The fourth-order valence-corrected chi connectivity index (χ4v) is 1.82. The van der Waals surface area contributed by atoms with Gasteiger partial charge < -0.3 is 10.2 Å². The Bertz CT molecular complexity index is 674. The number of aryl methyl sites for hydroxylation is 1. The smallest absolute Gasteiger partial charge is 0.379 e. The van der Waals surface area contributed by atoms with Gasteiger partial charge in [0.25, 0.3) is 5.88 Å². The number of nitrogens with two attached hydrogens (primary N) is 1. The number of nitrogen functional groups attached to an aromatic ring is 1. The molecule has 0 saturated carbocycles. The maximum atomic E-state index is 5.84. The fourth-order valence-electron chi connectivity index (χ4n) is 1.82. The molecule has 0 unspecified atom stereocenters. The van der Waals surface area contributed by atoms with Gasteiger partial charge in [0.05, 0.1) is 5.56 Å². The number of hydrogen-bond donors (Lipinski definition) is 1. The Morgan fingerprint density at radius 1 is 1.12 bits per heavy atom. The normalized spacial score (nSPS) is 10.9. The van der Waals surface area contributed by atoms with E-state index in [9.17, 15) is 0 Å². The molecule has 3 aromatic rings. The van der Waals surface area contributed by atoms with E-state index in [1.54, 1.807) is 4.52 Å². The molecule has 0 atom stereocenters. The average molecular weight is 226 g/mol. The van der Waals surface area contributed by atoms with E-state index in [0.29, 0.717) is 11.8 Å². The van der Waals surface area contributed by atoms with Gasteiger partial charge in [0.15, 0.2) is 0 Å². The summed E-state index contributed by atoms with van der Waals surface area (Å²) in [5.74, 6) is 1.04. The van der Waals surface area contributed by atoms with Crippen LogP contribution in [0.5, 0.6) is 0 Å². The minimum atomic E-state index is 0.386. The Labute approximate surface area is 98.3 Å². The minimum absolute atomic E-state index is 0.386. The zero-order valence-corrected chi connectivity index (χ0v) is 9.42. The van der Waals surface area contributed by atoms with Crippen molar-refractivity contribution in [1.82, 2.24) is 5.10 Å².